The van der Waals surface area contributed by atoms with Crippen molar-refractivity contribution in [2.45, 2.75) is 25.3 Å². The molecule has 1 aliphatic heterocycles. The standard InChI is InChI=1S/C21H24N4O2/c1-27-19-11-5-2-7-15(19)13-22-21(26)25-12-6-8-16(14-25)20-23-17-9-3-4-10-18(17)24-20/h2-5,7,9-11,16H,6,8,12-14H2,1H3,(H,22,26)(H,23,24)/t16-/m1/s1. The number of ether oxygens (including phenoxy) is 1. The number of urea groups is 1. The third-order valence-corrected chi connectivity index (χ3v) is 5.13. The average molecular weight is 364 g/mol. The van der Waals surface area contributed by atoms with Crippen LogP contribution in [-0.2, 0) is 6.54 Å². The van der Waals surface area contributed by atoms with Gasteiger partial charge < -0.3 is 19.9 Å². The molecule has 0 bridgehead atoms. The van der Waals surface area contributed by atoms with Crippen LogP contribution in [0.25, 0.3) is 11.0 Å². The second kappa shape index (κ2) is 7.70. The molecule has 2 N–H and O–H groups in total. The monoisotopic (exact) mass is 364 g/mol. The van der Waals surface area contributed by atoms with Crippen LogP contribution in [0.4, 0.5) is 4.79 Å². The van der Waals surface area contributed by atoms with Crippen LogP contribution in [0.5, 0.6) is 5.75 Å². The summed E-state index contributed by atoms with van der Waals surface area (Å²) in [6.45, 7) is 1.90. The van der Waals surface area contributed by atoms with E-state index in [1.54, 1.807) is 7.11 Å². The second-order valence-corrected chi connectivity index (χ2v) is 6.89. The SMILES string of the molecule is COc1ccccc1CNC(=O)N1CCC[C@@H](c2nc3ccccc3[nH]2)C1. The number of benzene rings is 2. The number of para-hydroxylation sites is 3. The number of carbonyl (C=O) groups is 1. The van der Waals surface area contributed by atoms with E-state index in [-0.39, 0.29) is 11.9 Å². The zero-order valence-electron chi connectivity index (χ0n) is 15.4. The van der Waals surface area contributed by atoms with Gasteiger partial charge in [0.2, 0.25) is 0 Å². The molecule has 0 saturated carbocycles. The fourth-order valence-corrected chi connectivity index (χ4v) is 3.68. The summed E-state index contributed by atoms with van der Waals surface area (Å²) >= 11 is 0. The van der Waals surface area contributed by atoms with E-state index in [0.717, 1.165) is 47.6 Å². The molecule has 1 atom stereocenters. The zero-order chi connectivity index (χ0) is 18.6. The number of hydrogen-bond acceptors (Lipinski definition) is 3. The van der Waals surface area contributed by atoms with E-state index in [9.17, 15) is 4.79 Å². The number of likely N-dealkylation sites (tertiary alicyclic amines) is 1. The van der Waals surface area contributed by atoms with E-state index < -0.39 is 0 Å². The Morgan fingerprint density at radius 2 is 2.07 bits per heavy atom. The lowest BCUT2D eigenvalue weighted by atomic mass is 9.97. The van der Waals surface area contributed by atoms with Crippen LogP contribution in [0.15, 0.2) is 48.5 Å². The van der Waals surface area contributed by atoms with E-state index in [4.69, 9.17) is 9.72 Å². The predicted octanol–water partition coefficient (Wildman–Crippen LogP) is 3.66. The molecule has 0 aliphatic carbocycles. The molecule has 4 rings (SSSR count). The van der Waals surface area contributed by atoms with Gasteiger partial charge in [-0.2, -0.15) is 0 Å². The van der Waals surface area contributed by atoms with Gasteiger partial charge in [-0.15, -0.1) is 0 Å². The van der Waals surface area contributed by atoms with E-state index in [2.05, 4.69) is 10.3 Å². The zero-order valence-corrected chi connectivity index (χ0v) is 15.4. The van der Waals surface area contributed by atoms with Crippen LogP contribution < -0.4 is 10.1 Å². The van der Waals surface area contributed by atoms with Crippen molar-refractivity contribution < 1.29 is 9.53 Å². The Balaban J connectivity index is 1.40. The fraction of sp³-hybridized carbons (Fsp3) is 0.333. The van der Waals surface area contributed by atoms with Gasteiger partial charge in [0, 0.05) is 31.1 Å². The Labute approximate surface area is 158 Å². The van der Waals surface area contributed by atoms with Crippen LogP contribution in [0, 0.1) is 0 Å². The lowest BCUT2D eigenvalue weighted by Gasteiger charge is -2.32. The molecule has 0 radical (unpaired) electrons. The molecule has 27 heavy (non-hydrogen) atoms. The third-order valence-electron chi connectivity index (χ3n) is 5.13. The summed E-state index contributed by atoms with van der Waals surface area (Å²) in [5.41, 5.74) is 3.00. The maximum absolute atomic E-state index is 12.7. The average Bonchev–Trinajstić information content (AvgIpc) is 3.16. The molecule has 1 saturated heterocycles. The highest BCUT2D eigenvalue weighted by molar-refractivity contribution is 5.75. The van der Waals surface area contributed by atoms with Crippen molar-refractivity contribution in [3.05, 3.63) is 59.9 Å². The van der Waals surface area contributed by atoms with E-state index in [1.807, 2.05) is 53.4 Å². The smallest absolute Gasteiger partial charge is 0.317 e. The molecule has 2 amide bonds. The highest BCUT2D eigenvalue weighted by atomic mass is 16.5. The first-order valence-corrected chi connectivity index (χ1v) is 9.34. The van der Waals surface area contributed by atoms with Crippen molar-refractivity contribution in [3.63, 3.8) is 0 Å². The van der Waals surface area contributed by atoms with Gasteiger partial charge in [-0.25, -0.2) is 9.78 Å². The fourth-order valence-electron chi connectivity index (χ4n) is 3.68. The largest absolute Gasteiger partial charge is 0.496 e. The lowest BCUT2D eigenvalue weighted by molar-refractivity contribution is 0.178. The quantitative estimate of drug-likeness (QED) is 0.742. The van der Waals surface area contributed by atoms with Crippen LogP contribution in [0.1, 0.15) is 30.1 Å². The Kier molecular flexibility index (Phi) is 4.96. The molecule has 6 nitrogen and oxygen atoms in total. The first-order valence-electron chi connectivity index (χ1n) is 9.34. The number of carbonyl (C=O) groups excluding carboxylic acids is 1. The summed E-state index contributed by atoms with van der Waals surface area (Å²) in [6.07, 6.45) is 2.01. The number of aromatic nitrogens is 2. The van der Waals surface area contributed by atoms with Crippen molar-refractivity contribution in [1.82, 2.24) is 20.2 Å². The van der Waals surface area contributed by atoms with Crippen molar-refractivity contribution in [1.29, 1.82) is 0 Å². The van der Waals surface area contributed by atoms with Crippen molar-refractivity contribution in [3.8, 4) is 5.75 Å². The van der Waals surface area contributed by atoms with Gasteiger partial charge in [0.25, 0.3) is 0 Å². The van der Waals surface area contributed by atoms with Gasteiger partial charge in [-0.1, -0.05) is 30.3 Å². The maximum atomic E-state index is 12.7. The maximum Gasteiger partial charge on any atom is 0.317 e. The number of rotatable bonds is 4. The highest BCUT2D eigenvalue weighted by Crippen LogP contribution is 2.27. The Bertz CT molecular complexity index is 904. The molecular weight excluding hydrogens is 340 g/mol. The number of H-pyrrole nitrogens is 1. The van der Waals surface area contributed by atoms with Crippen LogP contribution >= 0.6 is 0 Å². The highest BCUT2D eigenvalue weighted by Gasteiger charge is 2.26. The number of imidazole rings is 1. The summed E-state index contributed by atoms with van der Waals surface area (Å²) in [4.78, 5) is 22.7. The minimum absolute atomic E-state index is 0.0401. The number of aromatic amines is 1. The molecule has 0 unspecified atom stereocenters. The molecule has 1 aromatic heterocycles. The summed E-state index contributed by atoms with van der Waals surface area (Å²) in [6, 6.07) is 15.7. The van der Waals surface area contributed by atoms with Gasteiger partial charge in [0.15, 0.2) is 0 Å². The molecule has 1 fully saturated rings. The second-order valence-electron chi connectivity index (χ2n) is 6.89. The molecule has 6 heteroatoms. The van der Waals surface area contributed by atoms with Crippen molar-refractivity contribution >= 4 is 17.1 Å². The number of hydrogen-bond donors (Lipinski definition) is 2. The molecule has 140 valence electrons. The Morgan fingerprint density at radius 1 is 1.26 bits per heavy atom. The number of nitrogens with zero attached hydrogens (tertiary/aromatic N) is 2. The summed E-state index contributed by atoms with van der Waals surface area (Å²) in [5, 5.41) is 3.02. The van der Waals surface area contributed by atoms with Crippen LogP contribution in [0.3, 0.4) is 0 Å². The first-order chi connectivity index (χ1) is 13.2. The van der Waals surface area contributed by atoms with Gasteiger partial charge >= 0.3 is 6.03 Å². The summed E-state index contributed by atoms with van der Waals surface area (Å²) in [5.74, 6) is 2.00. The van der Waals surface area contributed by atoms with Gasteiger partial charge in [-0.05, 0) is 31.0 Å². The van der Waals surface area contributed by atoms with Gasteiger partial charge in [0.1, 0.15) is 11.6 Å². The number of piperidine rings is 1. The topological polar surface area (TPSA) is 70.2 Å². The number of methoxy groups -OCH3 is 1. The lowest BCUT2D eigenvalue weighted by Crippen LogP contribution is -2.44. The van der Waals surface area contributed by atoms with E-state index in [0.29, 0.717) is 13.1 Å². The van der Waals surface area contributed by atoms with Crippen molar-refractivity contribution in [2.24, 2.45) is 0 Å². The third kappa shape index (κ3) is 3.74. The van der Waals surface area contributed by atoms with Crippen molar-refractivity contribution in [2.75, 3.05) is 20.2 Å². The molecule has 3 aromatic rings. The molecule has 2 aromatic carbocycles. The molecule has 1 aliphatic rings. The number of fused-ring (bicyclic) bond motifs is 1. The van der Waals surface area contributed by atoms with E-state index in [1.165, 1.54) is 0 Å². The minimum Gasteiger partial charge on any atom is -0.496 e. The Hall–Kier alpha value is -3.02. The van der Waals surface area contributed by atoms with E-state index >= 15 is 0 Å². The molecule has 2 heterocycles. The number of nitrogens with one attached hydrogen (secondary N) is 2. The predicted molar refractivity (Wildman–Crippen MR) is 105 cm³/mol. The molecule has 0 spiro atoms. The first kappa shape index (κ1) is 17.4. The normalized spacial score (nSPS) is 17.1. The number of amides is 2. The van der Waals surface area contributed by atoms with Gasteiger partial charge in [0.05, 0.1) is 18.1 Å². The van der Waals surface area contributed by atoms with Crippen LogP contribution in [-0.4, -0.2) is 41.1 Å². The molecular formula is C21H24N4O2. The Morgan fingerprint density at radius 3 is 2.93 bits per heavy atom. The summed E-state index contributed by atoms with van der Waals surface area (Å²) in [7, 11) is 1.64. The minimum atomic E-state index is -0.0401. The van der Waals surface area contributed by atoms with Crippen LogP contribution in [0.2, 0.25) is 0 Å². The summed E-state index contributed by atoms with van der Waals surface area (Å²) < 4.78 is 5.35. The van der Waals surface area contributed by atoms with Gasteiger partial charge in [-0.3, -0.25) is 0 Å².